The maximum absolute atomic E-state index is 13.9. The number of amides is 1. The molecular weight excluding hydrogens is 399 g/mol. The molecule has 31 heavy (non-hydrogen) atoms. The van der Waals surface area contributed by atoms with E-state index in [2.05, 4.69) is 10.2 Å². The molecule has 1 saturated carbocycles. The van der Waals surface area contributed by atoms with Gasteiger partial charge in [-0.15, -0.1) is 0 Å². The molecule has 2 aromatic rings. The van der Waals surface area contributed by atoms with Crippen molar-refractivity contribution in [3.05, 3.63) is 59.4 Å². The van der Waals surface area contributed by atoms with E-state index in [4.69, 9.17) is 4.74 Å². The lowest BCUT2D eigenvalue weighted by molar-refractivity contribution is -0.116. The van der Waals surface area contributed by atoms with Gasteiger partial charge in [-0.2, -0.15) is 0 Å². The first-order valence-corrected chi connectivity index (χ1v) is 10.9. The molecule has 3 aliphatic rings. The third-order valence-corrected chi connectivity index (χ3v) is 6.84. The highest BCUT2D eigenvalue weighted by atomic mass is 19.1. The fraction of sp³-hybridized carbons (Fsp3) is 0.458. The Morgan fingerprint density at radius 2 is 2.10 bits per heavy atom. The number of hydrogen-bond donors (Lipinski definition) is 3. The average Bonchev–Trinajstić information content (AvgIpc) is 3.19. The molecule has 2 fully saturated rings. The predicted molar refractivity (Wildman–Crippen MR) is 113 cm³/mol. The average molecular weight is 426 g/mol. The number of benzene rings is 2. The molecule has 7 heteroatoms. The molecule has 4 atom stereocenters. The number of aryl methyl sites for hydroxylation is 1. The van der Waals surface area contributed by atoms with Crippen LogP contribution in [0, 0.1) is 11.7 Å². The van der Waals surface area contributed by atoms with E-state index in [0.29, 0.717) is 45.3 Å². The van der Waals surface area contributed by atoms with Crippen molar-refractivity contribution >= 4 is 11.6 Å². The van der Waals surface area contributed by atoms with E-state index in [1.807, 2.05) is 18.2 Å². The second kappa shape index (κ2) is 7.89. The van der Waals surface area contributed by atoms with Gasteiger partial charge in [0.15, 0.2) is 11.6 Å². The predicted octanol–water partition coefficient (Wildman–Crippen LogP) is 2.65. The molecule has 1 amide bonds. The van der Waals surface area contributed by atoms with Gasteiger partial charge in [-0.1, -0.05) is 24.3 Å². The van der Waals surface area contributed by atoms with Crippen LogP contribution in [0.15, 0.2) is 42.5 Å². The van der Waals surface area contributed by atoms with Gasteiger partial charge in [0.1, 0.15) is 6.10 Å². The number of β-amino-alcohol motifs (C(OH)–C–C–N with tert-alkyl or cyclic N) is 2. The van der Waals surface area contributed by atoms with E-state index >= 15 is 0 Å². The SMILES string of the molecule is O=C1CCc2cc([C@@H](O)CN3C[C@@H]4C[C@@H](Oc5ccccc5F)C[C@]4(O)C3)ccc2N1. The summed E-state index contributed by atoms with van der Waals surface area (Å²) in [5.74, 6) is -0.0991. The molecule has 1 aliphatic carbocycles. The topological polar surface area (TPSA) is 82.0 Å². The number of nitrogens with zero attached hydrogens (tertiary/aromatic N) is 1. The number of aliphatic hydroxyl groups excluding tert-OH is 1. The first-order valence-electron chi connectivity index (χ1n) is 10.9. The van der Waals surface area contributed by atoms with Crippen LogP contribution < -0.4 is 10.1 Å². The fourth-order valence-corrected chi connectivity index (χ4v) is 5.29. The van der Waals surface area contributed by atoms with E-state index in [1.54, 1.807) is 18.2 Å². The largest absolute Gasteiger partial charge is 0.487 e. The molecule has 2 aromatic carbocycles. The normalized spacial score (nSPS) is 28.7. The highest BCUT2D eigenvalue weighted by Gasteiger charge is 2.52. The molecule has 5 rings (SSSR count). The standard InChI is InChI=1S/C24H27FN2O4/c25-19-3-1-2-4-22(19)31-18-10-17-12-27(14-24(17,30)11-18)13-21(28)16-5-7-20-15(9-16)6-8-23(29)26-20/h1-5,7,9,17-18,21,28,30H,6,8,10-14H2,(H,26,29)/t17-,18+,21-,24-/m0/s1. The number of carbonyl (C=O) groups is 1. The number of rotatable bonds is 5. The number of ether oxygens (including phenoxy) is 1. The van der Waals surface area contributed by atoms with E-state index in [-0.39, 0.29) is 29.5 Å². The zero-order chi connectivity index (χ0) is 21.6. The number of carbonyl (C=O) groups excluding carboxylic acids is 1. The van der Waals surface area contributed by atoms with Crippen LogP contribution in [-0.2, 0) is 11.2 Å². The van der Waals surface area contributed by atoms with E-state index in [1.165, 1.54) is 6.07 Å². The molecule has 0 bridgehead atoms. The maximum Gasteiger partial charge on any atom is 0.224 e. The van der Waals surface area contributed by atoms with Crippen molar-refractivity contribution in [1.82, 2.24) is 4.90 Å². The Hall–Kier alpha value is -2.48. The van der Waals surface area contributed by atoms with Crippen LogP contribution in [-0.4, -0.2) is 52.4 Å². The zero-order valence-electron chi connectivity index (χ0n) is 17.3. The number of para-hydroxylation sites is 1. The molecule has 6 nitrogen and oxygen atoms in total. The Morgan fingerprint density at radius 3 is 2.90 bits per heavy atom. The molecule has 164 valence electrons. The van der Waals surface area contributed by atoms with Crippen LogP contribution in [0.1, 0.15) is 36.5 Å². The van der Waals surface area contributed by atoms with Crippen LogP contribution in [0.3, 0.4) is 0 Å². The molecule has 2 aliphatic heterocycles. The number of anilines is 1. The summed E-state index contributed by atoms with van der Waals surface area (Å²) in [5, 5.41) is 24.8. The summed E-state index contributed by atoms with van der Waals surface area (Å²) in [7, 11) is 0. The summed E-state index contributed by atoms with van der Waals surface area (Å²) < 4.78 is 19.7. The summed E-state index contributed by atoms with van der Waals surface area (Å²) in [5.41, 5.74) is 1.80. The Balaban J connectivity index is 1.19. The van der Waals surface area contributed by atoms with Gasteiger partial charge in [-0.3, -0.25) is 9.69 Å². The van der Waals surface area contributed by atoms with Crippen LogP contribution in [0.5, 0.6) is 5.75 Å². The molecular formula is C24H27FN2O4. The summed E-state index contributed by atoms with van der Waals surface area (Å²) in [6, 6.07) is 12.0. The molecule has 3 N–H and O–H groups in total. The Labute approximate surface area is 180 Å². The molecule has 1 saturated heterocycles. The zero-order valence-corrected chi connectivity index (χ0v) is 17.3. The van der Waals surface area contributed by atoms with Crippen LogP contribution in [0.4, 0.5) is 10.1 Å². The van der Waals surface area contributed by atoms with Crippen molar-refractivity contribution in [2.45, 2.75) is 43.5 Å². The Kier molecular flexibility index (Phi) is 5.20. The Morgan fingerprint density at radius 1 is 1.26 bits per heavy atom. The summed E-state index contributed by atoms with van der Waals surface area (Å²) >= 11 is 0. The van der Waals surface area contributed by atoms with Gasteiger partial charge in [-0.25, -0.2) is 4.39 Å². The van der Waals surface area contributed by atoms with Crippen molar-refractivity contribution < 1.29 is 24.1 Å². The number of halogens is 1. The van der Waals surface area contributed by atoms with Crippen molar-refractivity contribution in [3.63, 3.8) is 0 Å². The third kappa shape index (κ3) is 4.05. The molecule has 2 heterocycles. The fourth-order valence-electron chi connectivity index (χ4n) is 5.29. The second-order valence-electron chi connectivity index (χ2n) is 9.09. The number of aliphatic hydroxyl groups is 2. The summed E-state index contributed by atoms with van der Waals surface area (Å²) in [6.45, 7) is 1.57. The number of nitrogens with one attached hydrogen (secondary N) is 1. The lowest BCUT2D eigenvalue weighted by Gasteiger charge is -2.25. The van der Waals surface area contributed by atoms with Gasteiger partial charge in [0.2, 0.25) is 5.91 Å². The maximum atomic E-state index is 13.9. The molecule has 0 aromatic heterocycles. The lowest BCUT2D eigenvalue weighted by Crippen LogP contribution is -2.36. The number of hydrogen-bond acceptors (Lipinski definition) is 5. The van der Waals surface area contributed by atoms with E-state index in [9.17, 15) is 19.4 Å². The minimum Gasteiger partial charge on any atom is -0.487 e. The van der Waals surface area contributed by atoms with Crippen LogP contribution in [0.25, 0.3) is 0 Å². The first kappa shape index (κ1) is 20.4. The lowest BCUT2D eigenvalue weighted by atomic mass is 9.95. The van der Waals surface area contributed by atoms with Gasteiger partial charge in [0, 0.05) is 44.1 Å². The molecule has 0 unspecified atom stereocenters. The quantitative estimate of drug-likeness (QED) is 0.685. The minimum absolute atomic E-state index is 0.0231. The van der Waals surface area contributed by atoms with E-state index in [0.717, 1.165) is 16.8 Å². The smallest absolute Gasteiger partial charge is 0.224 e. The van der Waals surface area contributed by atoms with Crippen LogP contribution in [0.2, 0.25) is 0 Å². The number of likely N-dealkylation sites (tertiary alicyclic amines) is 1. The van der Waals surface area contributed by atoms with Crippen molar-refractivity contribution in [2.24, 2.45) is 5.92 Å². The third-order valence-electron chi connectivity index (χ3n) is 6.84. The van der Waals surface area contributed by atoms with Gasteiger partial charge in [0.05, 0.1) is 11.7 Å². The van der Waals surface area contributed by atoms with Gasteiger partial charge >= 0.3 is 0 Å². The monoisotopic (exact) mass is 426 g/mol. The molecule has 0 spiro atoms. The van der Waals surface area contributed by atoms with Gasteiger partial charge in [0.25, 0.3) is 0 Å². The highest BCUT2D eigenvalue weighted by Crippen LogP contribution is 2.43. The van der Waals surface area contributed by atoms with Crippen LogP contribution >= 0.6 is 0 Å². The summed E-state index contributed by atoms with van der Waals surface area (Å²) in [6.07, 6.45) is 1.37. The first-order chi connectivity index (χ1) is 14.9. The van der Waals surface area contributed by atoms with Crippen molar-refractivity contribution in [3.8, 4) is 5.75 Å². The van der Waals surface area contributed by atoms with Crippen molar-refractivity contribution in [2.75, 3.05) is 25.0 Å². The van der Waals surface area contributed by atoms with E-state index < -0.39 is 11.7 Å². The minimum atomic E-state index is -0.879. The van der Waals surface area contributed by atoms with Gasteiger partial charge in [-0.05, 0) is 42.2 Å². The Bertz CT molecular complexity index is 999. The van der Waals surface area contributed by atoms with Crippen molar-refractivity contribution in [1.29, 1.82) is 0 Å². The van der Waals surface area contributed by atoms with Gasteiger partial charge < -0.3 is 20.3 Å². The molecule has 0 radical (unpaired) electrons. The second-order valence-corrected chi connectivity index (χ2v) is 9.09. The highest BCUT2D eigenvalue weighted by molar-refractivity contribution is 5.93. The summed E-state index contributed by atoms with van der Waals surface area (Å²) in [4.78, 5) is 13.6. The number of fused-ring (bicyclic) bond motifs is 2.